The van der Waals surface area contributed by atoms with Crippen molar-refractivity contribution < 1.29 is 0 Å². The molecule has 0 saturated carbocycles. The minimum Gasteiger partial charge on any atom is -0.313 e. The second-order valence-electron chi connectivity index (χ2n) is 5.29. The fraction of sp³-hybridized carbons (Fsp3) is 0.471. The van der Waals surface area contributed by atoms with Crippen molar-refractivity contribution in [2.75, 3.05) is 6.54 Å². The minimum atomic E-state index is 0.912. The summed E-state index contributed by atoms with van der Waals surface area (Å²) >= 11 is 0. The van der Waals surface area contributed by atoms with E-state index < -0.39 is 0 Å². The molecule has 108 valence electrons. The Bertz CT molecular complexity index is 526. The Labute approximate surface area is 122 Å². The van der Waals surface area contributed by atoms with Gasteiger partial charge in [-0.3, -0.25) is 0 Å². The van der Waals surface area contributed by atoms with E-state index >= 15 is 0 Å². The van der Waals surface area contributed by atoms with Crippen LogP contribution in [0.2, 0.25) is 0 Å². The predicted octanol–water partition coefficient (Wildman–Crippen LogP) is 3.63. The smallest absolute Gasteiger partial charge is 0.0649 e. The van der Waals surface area contributed by atoms with E-state index in [1.165, 1.54) is 16.8 Å². The van der Waals surface area contributed by atoms with Gasteiger partial charge in [-0.15, -0.1) is 0 Å². The Kier molecular flexibility index (Phi) is 5.36. The second kappa shape index (κ2) is 7.25. The number of benzene rings is 1. The quantitative estimate of drug-likeness (QED) is 0.779. The maximum atomic E-state index is 4.59. The second-order valence-corrected chi connectivity index (χ2v) is 5.29. The van der Waals surface area contributed by atoms with Crippen molar-refractivity contribution in [2.24, 2.45) is 0 Å². The fourth-order valence-electron chi connectivity index (χ4n) is 2.37. The van der Waals surface area contributed by atoms with Crippen LogP contribution in [0.25, 0.3) is 5.69 Å². The maximum Gasteiger partial charge on any atom is 0.0649 e. The summed E-state index contributed by atoms with van der Waals surface area (Å²) in [6, 6.07) is 8.57. The number of aryl methyl sites for hydroxylation is 1. The summed E-state index contributed by atoms with van der Waals surface area (Å²) in [5.41, 5.74) is 5.09. The first kappa shape index (κ1) is 14.8. The van der Waals surface area contributed by atoms with Crippen molar-refractivity contribution >= 4 is 0 Å². The van der Waals surface area contributed by atoms with Gasteiger partial charge in [0.25, 0.3) is 0 Å². The molecular weight excluding hydrogens is 246 g/mol. The monoisotopic (exact) mass is 271 g/mol. The van der Waals surface area contributed by atoms with Crippen LogP contribution in [0.1, 0.15) is 43.5 Å². The molecule has 0 fully saturated rings. The molecule has 1 aromatic heterocycles. The van der Waals surface area contributed by atoms with E-state index in [0.29, 0.717) is 0 Å². The van der Waals surface area contributed by atoms with Gasteiger partial charge in [-0.25, -0.2) is 4.68 Å². The third-order valence-corrected chi connectivity index (χ3v) is 3.46. The zero-order valence-electron chi connectivity index (χ0n) is 12.8. The molecule has 1 aromatic carbocycles. The lowest BCUT2D eigenvalue weighted by Gasteiger charge is -2.10. The molecule has 0 atom stereocenters. The molecule has 3 heteroatoms. The Morgan fingerprint density at radius 2 is 1.85 bits per heavy atom. The highest BCUT2D eigenvalue weighted by atomic mass is 15.3. The third-order valence-electron chi connectivity index (χ3n) is 3.46. The van der Waals surface area contributed by atoms with Crippen molar-refractivity contribution in [3.8, 4) is 5.69 Å². The van der Waals surface area contributed by atoms with Gasteiger partial charge < -0.3 is 5.32 Å². The van der Waals surface area contributed by atoms with Crippen LogP contribution in [0.3, 0.4) is 0 Å². The average Bonchev–Trinajstić information content (AvgIpc) is 2.84. The van der Waals surface area contributed by atoms with E-state index in [4.69, 9.17) is 0 Å². The van der Waals surface area contributed by atoms with Gasteiger partial charge in [-0.1, -0.05) is 38.0 Å². The highest BCUT2D eigenvalue weighted by Gasteiger charge is 2.11. The molecule has 0 bridgehead atoms. The van der Waals surface area contributed by atoms with Crippen LogP contribution >= 0.6 is 0 Å². The molecule has 2 rings (SSSR count). The number of rotatable bonds is 7. The summed E-state index contributed by atoms with van der Waals surface area (Å²) in [6.07, 6.45) is 5.37. The van der Waals surface area contributed by atoms with Crippen LogP contribution in [0, 0.1) is 6.92 Å². The van der Waals surface area contributed by atoms with Crippen LogP contribution in [-0.4, -0.2) is 16.3 Å². The van der Waals surface area contributed by atoms with Gasteiger partial charge in [0.15, 0.2) is 0 Å². The lowest BCUT2D eigenvalue weighted by molar-refractivity contribution is 0.666. The third kappa shape index (κ3) is 3.48. The number of hydrogen-bond acceptors (Lipinski definition) is 2. The van der Waals surface area contributed by atoms with Crippen molar-refractivity contribution in [1.29, 1.82) is 0 Å². The summed E-state index contributed by atoms with van der Waals surface area (Å²) in [5, 5.41) is 8.06. The van der Waals surface area contributed by atoms with E-state index in [1.807, 2.05) is 6.20 Å². The number of hydrogen-bond donors (Lipinski definition) is 1. The zero-order chi connectivity index (χ0) is 14.4. The summed E-state index contributed by atoms with van der Waals surface area (Å²) < 4.78 is 2.09. The van der Waals surface area contributed by atoms with Crippen LogP contribution < -0.4 is 5.32 Å². The predicted molar refractivity (Wildman–Crippen MR) is 84.3 cm³/mol. The molecule has 0 radical (unpaired) electrons. The van der Waals surface area contributed by atoms with Crippen LogP contribution in [0.5, 0.6) is 0 Å². The standard InChI is InChI=1S/C17H25N3/c1-4-6-17-15(12-18-11-5-2)13-19-20(17)16-9-7-14(3)8-10-16/h7-10,13,18H,4-6,11-12H2,1-3H3. The molecule has 3 nitrogen and oxygen atoms in total. The van der Waals surface area contributed by atoms with Crippen LogP contribution in [-0.2, 0) is 13.0 Å². The Morgan fingerprint density at radius 1 is 1.10 bits per heavy atom. The van der Waals surface area contributed by atoms with Crippen molar-refractivity contribution in [3.63, 3.8) is 0 Å². The van der Waals surface area contributed by atoms with E-state index in [9.17, 15) is 0 Å². The molecular formula is C17H25N3. The fourth-order valence-corrected chi connectivity index (χ4v) is 2.37. The molecule has 2 aromatic rings. The first-order valence-corrected chi connectivity index (χ1v) is 7.59. The lowest BCUT2D eigenvalue weighted by atomic mass is 10.1. The SMILES string of the molecule is CCCNCc1cnn(-c2ccc(C)cc2)c1CCC. The first-order valence-electron chi connectivity index (χ1n) is 7.59. The molecule has 0 amide bonds. The molecule has 0 saturated heterocycles. The van der Waals surface area contributed by atoms with Crippen molar-refractivity contribution in [2.45, 2.75) is 46.6 Å². The largest absolute Gasteiger partial charge is 0.313 e. The van der Waals surface area contributed by atoms with E-state index in [1.54, 1.807) is 0 Å². The van der Waals surface area contributed by atoms with E-state index in [0.717, 1.165) is 38.0 Å². The highest BCUT2D eigenvalue weighted by molar-refractivity contribution is 5.37. The number of aromatic nitrogens is 2. The zero-order valence-corrected chi connectivity index (χ0v) is 12.8. The Morgan fingerprint density at radius 3 is 2.50 bits per heavy atom. The molecule has 0 unspecified atom stereocenters. The topological polar surface area (TPSA) is 29.9 Å². The molecule has 0 aliphatic heterocycles. The summed E-state index contributed by atoms with van der Waals surface area (Å²) in [6.45, 7) is 8.49. The molecule has 1 N–H and O–H groups in total. The molecule has 0 aliphatic carbocycles. The first-order chi connectivity index (χ1) is 9.76. The van der Waals surface area contributed by atoms with Crippen molar-refractivity contribution in [3.05, 3.63) is 47.3 Å². The Balaban J connectivity index is 2.25. The summed E-state index contributed by atoms with van der Waals surface area (Å²) in [5.74, 6) is 0. The molecule has 0 spiro atoms. The maximum absolute atomic E-state index is 4.59. The van der Waals surface area contributed by atoms with Crippen molar-refractivity contribution in [1.82, 2.24) is 15.1 Å². The minimum absolute atomic E-state index is 0.912. The van der Waals surface area contributed by atoms with Gasteiger partial charge in [0, 0.05) is 17.8 Å². The normalized spacial score (nSPS) is 10.9. The summed E-state index contributed by atoms with van der Waals surface area (Å²) in [4.78, 5) is 0. The van der Waals surface area contributed by atoms with E-state index in [2.05, 4.69) is 60.1 Å². The van der Waals surface area contributed by atoms with Crippen LogP contribution in [0.4, 0.5) is 0 Å². The average molecular weight is 271 g/mol. The molecule has 1 heterocycles. The van der Waals surface area contributed by atoms with Crippen LogP contribution in [0.15, 0.2) is 30.5 Å². The Hall–Kier alpha value is -1.61. The molecule has 0 aliphatic rings. The number of nitrogens with zero attached hydrogens (tertiary/aromatic N) is 2. The van der Waals surface area contributed by atoms with Gasteiger partial charge >= 0.3 is 0 Å². The van der Waals surface area contributed by atoms with Gasteiger partial charge in [-0.2, -0.15) is 5.10 Å². The lowest BCUT2D eigenvalue weighted by Crippen LogP contribution is -2.15. The number of nitrogens with one attached hydrogen (secondary N) is 1. The van der Waals surface area contributed by atoms with Gasteiger partial charge in [-0.05, 0) is 38.4 Å². The van der Waals surface area contributed by atoms with Gasteiger partial charge in [0.05, 0.1) is 11.9 Å². The highest BCUT2D eigenvalue weighted by Crippen LogP contribution is 2.17. The van der Waals surface area contributed by atoms with E-state index in [-0.39, 0.29) is 0 Å². The van der Waals surface area contributed by atoms with Gasteiger partial charge in [0.1, 0.15) is 0 Å². The molecule has 20 heavy (non-hydrogen) atoms. The summed E-state index contributed by atoms with van der Waals surface area (Å²) in [7, 11) is 0. The van der Waals surface area contributed by atoms with Gasteiger partial charge in [0.2, 0.25) is 0 Å².